The maximum atomic E-state index is 11.9. The summed E-state index contributed by atoms with van der Waals surface area (Å²) >= 11 is 1.79. The lowest BCUT2D eigenvalue weighted by Crippen LogP contribution is -2.52. The van der Waals surface area contributed by atoms with Crippen LogP contribution in [-0.4, -0.2) is 93.0 Å². The van der Waals surface area contributed by atoms with Gasteiger partial charge < -0.3 is 4.74 Å². The number of methoxy groups -OCH3 is 1. The first-order valence-electron chi connectivity index (χ1n) is 14.3. The van der Waals surface area contributed by atoms with Gasteiger partial charge in [-0.25, -0.2) is 22.9 Å². The third-order valence-electron chi connectivity index (χ3n) is 8.59. The van der Waals surface area contributed by atoms with Crippen molar-refractivity contribution in [2.75, 3.05) is 39.5 Å². The van der Waals surface area contributed by atoms with Gasteiger partial charge in [-0.3, -0.25) is 10.00 Å². The van der Waals surface area contributed by atoms with E-state index < -0.39 is 10.0 Å². The number of pyridine rings is 1. The molecule has 0 bridgehead atoms. The van der Waals surface area contributed by atoms with Gasteiger partial charge in [-0.2, -0.15) is 14.5 Å². The fourth-order valence-electron chi connectivity index (χ4n) is 6.47. The standard InChI is InChI=1S/C28H38N8O3S2/c1-17(2)23-24(20-14-22(39-4)27-29-16-30-36(27)15-20)32-33-25(23)28-31-18(3)26(40-28)19-6-8-21(9-7-19)34-10-12-35(13-11-34)41(5,37)38/h14-17,19,21H,6-13H2,1-5H3,(H,32,33). The molecule has 220 valence electrons. The highest BCUT2D eigenvalue weighted by molar-refractivity contribution is 7.88. The number of aromatic amines is 1. The summed E-state index contributed by atoms with van der Waals surface area (Å²) in [5.74, 6) is 1.38. The van der Waals surface area contributed by atoms with E-state index in [4.69, 9.17) is 14.8 Å². The molecule has 4 aromatic heterocycles. The molecule has 0 atom stereocenters. The highest BCUT2D eigenvalue weighted by atomic mass is 32.2. The van der Waals surface area contributed by atoms with Gasteiger partial charge in [0.1, 0.15) is 11.3 Å². The Morgan fingerprint density at radius 2 is 1.85 bits per heavy atom. The summed E-state index contributed by atoms with van der Waals surface area (Å²) in [6.45, 7) is 9.33. The van der Waals surface area contributed by atoms with Crippen molar-refractivity contribution in [3.05, 3.63) is 34.7 Å². The van der Waals surface area contributed by atoms with Crippen molar-refractivity contribution in [2.45, 2.75) is 64.3 Å². The summed E-state index contributed by atoms with van der Waals surface area (Å²) in [6, 6.07) is 2.50. The fourth-order valence-corrected chi connectivity index (χ4v) is 8.54. The van der Waals surface area contributed by atoms with E-state index in [1.807, 2.05) is 12.3 Å². The van der Waals surface area contributed by atoms with Crippen LogP contribution in [0.3, 0.4) is 0 Å². The fraction of sp³-hybridized carbons (Fsp3) is 0.571. The van der Waals surface area contributed by atoms with E-state index in [9.17, 15) is 8.42 Å². The van der Waals surface area contributed by atoms with Gasteiger partial charge >= 0.3 is 0 Å². The average Bonchev–Trinajstić information content (AvgIpc) is 3.70. The summed E-state index contributed by atoms with van der Waals surface area (Å²) in [6.07, 6.45) is 9.29. The zero-order valence-corrected chi connectivity index (χ0v) is 25.9. The summed E-state index contributed by atoms with van der Waals surface area (Å²) in [4.78, 5) is 13.2. The van der Waals surface area contributed by atoms with Gasteiger partial charge in [-0.15, -0.1) is 11.3 Å². The van der Waals surface area contributed by atoms with Crippen molar-refractivity contribution in [3.8, 4) is 27.7 Å². The lowest BCUT2D eigenvalue weighted by molar-refractivity contribution is 0.107. The molecule has 13 heteroatoms. The van der Waals surface area contributed by atoms with Gasteiger partial charge in [-0.1, -0.05) is 13.8 Å². The van der Waals surface area contributed by atoms with Crippen molar-refractivity contribution in [1.29, 1.82) is 0 Å². The number of aromatic nitrogens is 6. The number of hydrogen-bond donors (Lipinski definition) is 1. The van der Waals surface area contributed by atoms with E-state index in [1.54, 1.807) is 27.3 Å². The number of ether oxygens (including phenoxy) is 1. The summed E-state index contributed by atoms with van der Waals surface area (Å²) in [5, 5.41) is 13.4. The smallest absolute Gasteiger partial charge is 0.211 e. The first-order chi connectivity index (χ1) is 19.6. The third-order valence-corrected chi connectivity index (χ3v) is 11.2. The molecule has 2 fully saturated rings. The molecule has 0 radical (unpaired) electrons. The predicted molar refractivity (Wildman–Crippen MR) is 160 cm³/mol. The van der Waals surface area contributed by atoms with E-state index >= 15 is 0 Å². The monoisotopic (exact) mass is 598 g/mol. The topological polar surface area (TPSA) is 122 Å². The Bertz CT molecular complexity index is 1640. The largest absolute Gasteiger partial charge is 0.493 e. The summed E-state index contributed by atoms with van der Waals surface area (Å²) in [7, 11) is -1.46. The van der Waals surface area contributed by atoms with E-state index in [0.29, 0.717) is 36.4 Å². The number of hydrogen-bond acceptors (Lipinski definition) is 9. The van der Waals surface area contributed by atoms with E-state index in [0.717, 1.165) is 72.0 Å². The molecule has 11 nitrogen and oxygen atoms in total. The van der Waals surface area contributed by atoms with Crippen LogP contribution in [0.25, 0.3) is 27.6 Å². The number of thiazole rings is 1. The summed E-state index contributed by atoms with van der Waals surface area (Å²) < 4.78 is 32.7. The Kier molecular flexibility index (Phi) is 7.64. The number of piperazine rings is 1. The number of aryl methyl sites for hydroxylation is 1. The van der Waals surface area contributed by atoms with Crippen molar-refractivity contribution in [1.82, 2.24) is 39.0 Å². The van der Waals surface area contributed by atoms with E-state index in [-0.39, 0.29) is 5.92 Å². The molecule has 1 aliphatic heterocycles. The van der Waals surface area contributed by atoms with Crippen molar-refractivity contribution < 1.29 is 13.2 Å². The Morgan fingerprint density at radius 1 is 1.12 bits per heavy atom. The molecule has 41 heavy (non-hydrogen) atoms. The molecule has 0 aromatic carbocycles. The van der Waals surface area contributed by atoms with Gasteiger partial charge in [0.15, 0.2) is 11.4 Å². The van der Waals surface area contributed by atoms with Gasteiger partial charge in [0, 0.05) is 54.4 Å². The van der Waals surface area contributed by atoms with Gasteiger partial charge in [0.05, 0.1) is 30.4 Å². The van der Waals surface area contributed by atoms with Crippen LogP contribution in [0.2, 0.25) is 0 Å². The van der Waals surface area contributed by atoms with Crippen LogP contribution in [0, 0.1) is 6.92 Å². The Morgan fingerprint density at radius 3 is 2.51 bits per heavy atom. The third kappa shape index (κ3) is 5.40. The minimum Gasteiger partial charge on any atom is -0.493 e. The van der Waals surface area contributed by atoms with Crippen LogP contribution in [-0.2, 0) is 10.0 Å². The maximum Gasteiger partial charge on any atom is 0.211 e. The SMILES string of the molecule is COc1cc(-c2n[nH]c(-c3nc(C)c(C4CCC(N5CCN(S(C)(=O)=O)CC5)CC4)s3)c2C(C)C)cn2ncnc12. The Labute approximate surface area is 245 Å². The van der Waals surface area contributed by atoms with Crippen LogP contribution in [0.5, 0.6) is 5.75 Å². The van der Waals surface area contributed by atoms with E-state index in [1.165, 1.54) is 17.5 Å². The first-order valence-corrected chi connectivity index (χ1v) is 16.9. The number of nitrogens with zero attached hydrogens (tertiary/aromatic N) is 7. The lowest BCUT2D eigenvalue weighted by atomic mass is 9.84. The molecular formula is C28H38N8O3S2. The highest BCUT2D eigenvalue weighted by Gasteiger charge is 2.32. The molecular weight excluding hydrogens is 560 g/mol. The number of fused-ring (bicyclic) bond motifs is 1. The minimum atomic E-state index is -3.10. The lowest BCUT2D eigenvalue weighted by Gasteiger charge is -2.41. The molecule has 6 rings (SSSR count). The number of rotatable bonds is 7. The average molecular weight is 599 g/mol. The zero-order valence-electron chi connectivity index (χ0n) is 24.3. The molecule has 1 N–H and O–H groups in total. The second kappa shape index (κ2) is 11.1. The molecule has 1 saturated heterocycles. The van der Waals surface area contributed by atoms with Gasteiger partial charge in [0.2, 0.25) is 10.0 Å². The maximum absolute atomic E-state index is 11.9. The molecule has 5 heterocycles. The Hall–Kier alpha value is -2.87. The van der Waals surface area contributed by atoms with E-state index in [2.05, 4.69) is 40.9 Å². The molecule has 1 aliphatic carbocycles. The van der Waals surface area contributed by atoms with Crippen molar-refractivity contribution in [2.24, 2.45) is 0 Å². The van der Waals surface area contributed by atoms with Crippen molar-refractivity contribution in [3.63, 3.8) is 0 Å². The predicted octanol–water partition coefficient (Wildman–Crippen LogP) is 4.29. The van der Waals surface area contributed by atoms with Crippen LogP contribution in [0.15, 0.2) is 18.6 Å². The molecule has 0 spiro atoms. The number of sulfonamides is 1. The van der Waals surface area contributed by atoms with Gasteiger partial charge in [0.25, 0.3) is 0 Å². The van der Waals surface area contributed by atoms with Crippen LogP contribution in [0.1, 0.15) is 67.5 Å². The molecule has 4 aromatic rings. The molecule has 1 saturated carbocycles. The first kappa shape index (κ1) is 28.3. The molecule has 0 amide bonds. The van der Waals surface area contributed by atoms with Crippen LogP contribution < -0.4 is 4.74 Å². The van der Waals surface area contributed by atoms with Crippen LogP contribution >= 0.6 is 11.3 Å². The zero-order chi connectivity index (χ0) is 28.9. The second-order valence-corrected chi connectivity index (χ2v) is 14.5. The summed E-state index contributed by atoms with van der Waals surface area (Å²) in [5.41, 5.74) is 5.66. The molecule has 0 unspecified atom stereocenters. The van der Waals surface area contributed by atoms with Gasteiger partial charge in [-0.05, 0) is 50.5 Å². The Balaban J connectivity index is 1.20. The number of nitrogens with one attached hydrogen (secondary N) is 1. The van der Waals surface area contributed by atoms with Crippen LogP contribution in [0.4, 0.5) is 0 Å². The normalized spacial score (nSPS) is 21.2. The van der Waals surface area contributed by atoms with Crippen molar-refractivity contribution >= 4 is 27.0 Å². The number of H-pyrrole nitrogens is 1. The minimum absolute atomic E-state index is 0.224. The molecule has 2 aliphatic rings. The quantitative estimate of drug-likeness (QED) is 0.335. The second-order valence-electron chi connectivity index (χ2n) is 11.5. The highest BCUT2D eigenvalue weighted by Crippen LogP contribution is 2.43.